The van der Waals surface area contributed by atoms with Gasteiger partial charge in [0.2, 0.25) is 5.91 Å². The average Bonchev–Trinajstić information content (AvgIpc) is 2.59. The quantitative estimate of drug-likeness (QED) is 0.734. The van der Waals surface area contributed by atoms with E-state index < -0.39 is 0 Å². The molecule has 4 nitrogen and oxygen atoms in total. The van der Waals surface area contributed by atoms with Crippen LogP contribution in [0.25, 0.3) is 6.08 Å². The number of carbonyl (C=O) groups excluding carboxylic acids is 1. The molecule has 0 atom stereocenters. The number of anilines is 1. The van der Waals surface area contributed by atoms with Gasteiger partial charge in [0.05, 0.1) is 19.4 Å². The highest BCUT2D eigenvalue weighted by molar-refractivity contribution is 6.31. The molecule has 0 aromatic heterocycles. The first-order valence-corrected chi connectivity index (χ1v) is 8.05. The molecule has 24 heavy (non-hydrogen) atoms. The minimum atomic E-state index is -0.262. The van der Waals surface area contributed by atoms with Gasteiger partial charge in [-0.2, -0.15) is 0 Å². The van der Waals surface area contributed by atoms with Crippen molar-refractivity contribution < 1.29 is 14.3 Å². The Balaban J connectivity index is 1.99. The lowest BCUT2D eigenvalue weighted by Crippen LogP contribution is -2.08. The molecule has 0 saturated carbocycles. The van der Waals surface area contributed by atoms with Gasteiger partial charge in [0.25, 0.3) is 0 Å². The summed E-state index contributed by atoms with van der Waals surface area (Å²) < 4.78 is 10.7. The summed E-state index contributed by atoms with van der Waals surface area (Å²) in [5, 5.41) is 3.28. The van der Waals surface area contributed by atoms with Crippen molar-refractivity contribution in [2.45, 2.75) is 13.3 Å². The maximum Gasteiger partial charge on any atom is 0.248 e. The van der Waals surface area contributed by atoms with Crippen LogP contribution in [0.5, 0.6) is 11.5 Å². The number of hydrogen-bond acceptors (Lipinski definition) is 3. The van der Waals surface area contributed by atoms with Crippen LogP contribution in [0.3, 0.4) is 0 Å². The van der Waals surface area contributed by atoms with Gasteiger partial charge in [0.15, 0.2) is 0 Å². The van der Waals surface area contributed by atoms with Gasteiger partial charge >= 0.3 is 0 Å². The van der Waals surface area contributed by atoms with Gasteiger partial charge in [-0.15, -0.1) is 0 Å². The van der Waals surface area contributed by atoms with Crippen LogP contribution in [-0.2, 0) is 4.79 Å². The van der Waals surface area contributed by atoms with Crippen molar-refractivity contribution in [3.63, 3.8) is 0 Å². The van der Waals surface area contributed by atoms with Crippen molar-refractivity contribution in [1.29, 1.82) is 0 Å². The van der Waals surface area contributed by atoms with Gasteiger partial charge in [-0.05, 0) is 48.4 Å². The van der Waals surface area contributed by atoms with E-state index in [2.05, 4.69) is 12.2 Å². The van der Waals surface area contributed by atoms with E-state index >= 15 is 0 Å². The van der Waals surface area contributed by atoms with Gasteiger partial charge < -0.3 is 14.8 Å². The molecule has 0 bridgehead atoms. The van der Waals surface area contributed by atoms with Crippen LogP contribution in [0.1, 0.15) is 18.9 Å². The molecule has 1 amide bonds. The van der Waals surface area contributed by atoms with Crippen molar-refractivity contribution in [2.75, 3.05) is 19.0 Å². The Labute approximate surface area is 147 Å². The van der Waals surface area contributed by atoms with Crippen LogP contribution in [0.15, 0.2) is 48.5 Å². The fourth-order valence-electron chi connectivity index (χ4n) is 2.02. The zero-order chi connectivity index (χ0) is 17.4. The lowest BCUT2D eigenvalue weighted by atomic mass is 10.2. The monoisotopic (exact) mass is 345 g/mol. The SMILES string of the molecule is CCCOc1ccc(/C=C\C(=O)Nc2cc(Cl)ccc2OC)cc1. The van der Waals surface area contributed by atoms with Crippen molar-refractivity contribution in [2.24, 2.45) is 0 Å². The minimum absolute atomic E-state index is 0.262. The Morgan fingerprint density at radius 1 is 1.21 bits per heavy atom. The summed E-state index contributed by atoms with van der Waals surface area (Å²) in [4.78, 5) is 12.1. The summed E-state index contributed by atoms with van der Waals surface area (Å²) in [6.45, 7) is 2.75. The molecule has 2 aromatic rings. The number of carbonyl (C=O) groups is 1. The Kier molecular flexibility index (Phi) is 6.70. The number of methoxy groups -OCH3 is 1. The number of hydrogen-bond donors (Lipinski definition) is 1. The summed E-state index contributed by atoms with van der Waals surface area (Å²) in [7, 11) is 1.54. The molecule has 0 aliphatic heterocycles. The van der Waals surface area contributed by atoms with Crippen molar-refractivity contribution in [1.82, 2.24) is 0 Å². The van der Waals surface area contributed by atoms with Crippen molar-refractivity contribution in [3.05, 3.63) is 59.1 Å². The Hall–Kier alpha value is -2.46. The van der Waals surface area contributed by atoms with Crippen LogP contribution in [0, 0.1) is 0 Å². The van der Waals surface area contributed by atoms with Crippen LogP contribution in [0.2, 0.25) is 5.02 Å². The third kappa shape index (κ3) is 5.32. The molecule has 1 N–H and O–H groups in total. The fourth-order valence-corrected chi connectivity index (χ4v) is 2.19. The fraction of sp³-hybridized carbons (Fsp3) is 0.211. The Morgan fingerprint density at radius 2 is 1.96 bits per heavy atom. The topological polar surface area (TPSA) is 47.6 Å². The van der Waals surface area contributed by atoms with Gasteiger partial charge in [-0.3, -0.25) is 4.79 Å². The molecule has 0 unspecified atom stereocenters. The Morgan fingerprint density at radius 3 is 2.62 bits per heavy atom. The standard InChI is InChI=1S/C19H20ClNO3/c1-3-12-24-16-8-4-14(5-9-16)6-11-19(22)21-17-13-15(20)7-10-18(17)23-2/h4-11,13H,3,12H2,1-2H3,(H,21,22)/b11-6-. The summed E-state index contributed by atoms with van der Waals surface area (Å²) in [5.41, 5.74) is 1.44. The molecule has 126 valence electrons. The highest BCUT2D eigenvalue weighted by Crippen LogP contribution is 2.27. The predicted molar refractivity (Wildman–Crippen MR) is 97.9 cm³/mol. The summed E-state index contributed by atoms with van der Waals surface area (Å²) in [6, 6.07) is 12.6. The second-order valence-electron chi connectivity index (χ2n) is 5.08. The molecule has 0 saturated heterocycles. The van der Waals surface area contributed by atoms with Crippen LogP contribution in [-0.4, -0.2) is 19.6 Å². The van der Waals surface area contributed by atoms with E-state index in [9.17, 15) is 4.79 Å². The van der Waals surface area contributed by atoms with Crippen LogP contribution in [0.4, 0.5) is 5.69 Å². The zero-order valence-electron chi connectivity index (χ0n) is 13.7. The second-order valence-corrected chi connectivity index (χ2v) is 5.52. The number of ether oxygens (including phenoxy) is 2. The summed E-state index contributed by atoms with van der Waals surface area (Å²) >= 11 is 5.94. The highest BCUT2D eigenvalue weighted by Gasteiger charge is 2.06. The average molecular weight is 346 g/mol. The molecule has 0 aliphatic rings. The number of benzene rings is 2. The van der Waals surface area contributed by atoms with E-state index in [0.29, 0.717) is 23.1 Å². The van der Waals surface area contributed by atoms with Crippen molar-refractivity contribution in [3.8, 4) is 11.5 Å². The molecular weight excluding hydrogens is 326 g/mol. The third-order valence-corrected chi connectivity index (χ3v) is 3.43. The normalized spacial score (nSPS) is 10.6. The molecule has 0 fully saturated rings. The molecular formula is C19H20ClNO3. The van der Waals surface area contributed by atoms with E-state index in [-0.39, 0.29) is 5.91 Å². The predicted octanol–water partition coefficient (Wildman–Crippen LogP) is 4.79. The zero-order valence-corrected chi connectivity index (χ0v) is 14.5. The van der Waals surface area contributed by atoms with E-state index in [1.54, 1.807) is 24.3 Å². The molecule has 5 heteroatoms. The van der Waals surface area contributed by atoms with Crippen LogP contribution < -0.4 is 14.8 Å². The third-order valence-electron chi connectivity index (χ3n) is 3.20. The first kappa shape index (κ1) is 17.9. The van der Waals surface area contributed by atoms with Gasteiger partial charge in [-0.1, -0.05) is 30.7 Å². The number of nitrogens with one attached hydrogen (secondary N) is 1. The smallest absolute Gasteiger partial charge is 0.248 e. The van der Waals surface area contributed by atoms with E-state index in [1.165, 1.54) is 13.2 Å². The minimum Gasteiger partial charge on any atom is -0.495 e. The molecule has 0 heterocycles. The first-order chi connectivity index (χ1) is 11.6. The Bertz CT molecular complexity index is 711. The number of rotatable bonds is 7. The molecule has 0 radical (unpaired) electrons. The van der Waals surface area contributed by atoms with Gasteiger partial charge in [0, 0.05) is 11.1 Å². The van der Waals surface area contributed by atoms with Gasteiger partial charge in [0.1, 0.15) is 11.5 Å². The van der Waals surface area contributed by atoms with E-state index in [0.717, 1.165) is 17.7 Å². The lowest BCUT2D eigenvalue weighted by molar-refractivity contribution is -0.111. The van der Waals surface area contributed by atoms with E-state index in [1.807, 2.05) is 24.3 Å². The lowest BCUT2D eigenvalue weighted by Gasteiger charge is -2.09. The summed E-state index contributed by atoms with van der Waals surface area (Å²) in [6.07, 6.45) is 4.16. The molecule has 2 rings (SSSR count). The molecule has 0 spiro atoms. The molecule has 2 aromatic carbocycles. The second kappa shape index (κ2) is 8.99. The maximum atomic E-state index is 12.1. The first-order valence-electron chi connectivity index (χ1n) is 7.68. The molecule has 0 aliphatic carbocycles. The number of amides is 1. The van der Waals surface area contributed by atoms with Gasteiger partial charge in [-0.25, -0.2) is 0 Å². The summed E-state index contributed by atoms with van der Waals surface area (Å²) in [5.74, 6) is 1.11. The maximum absolute atomic E-state index is 12.1. The highest BCUT2D eigenvalue weighted by atomic mass is 35.5. The van der Waals surface area contributed by atoms with Crippen molar-refractivity contribution >= 4 is 29.3 Å². The largest absolute Gasteiger partial charge is 0.495 e. The van der Waals surface area contributed by atoms with Crippen LogP contribution >= 0.6 is 11.6 Å². The number of halogens is 1. The van der Waals surface area contributed by atoms with E-state index in [4.69, 9.17) is 21.1 Å².